The maximum Gasteiger partial charge on any atom is 0.257 e. The fraction of sp³-hybridized carbons (Fsp3) is 0.130. The van der Waals surface area contributed by atoms with E-state index in [2.05, 4.69) is 36.8 Å². The molecule has 1 amide bonds. The molecule has 7 nitrogen and oxygen atoms in total. The summed E-state index contributed by atoms with van der Waals surface area (Å²) in [4.78, 5) is 14.2. The van der Waals surface area contributed by atoms with E-state index in [1.807, 2.05) is 38.1 Å². The van der Waals surface area contributed by atoms with Gasteiger partial charge in [0.1, 0.15) is 16.8 Å². The lowest BCUT2D eigenvalue weighted by Crippen LogP contribution is -2.34. The number of halogens is 2. The van der Waals surface area contributed by atoms with Crippen molar-refractivity contribution in [2.75, 3.05) is 11.9 Å². The molecule has 1 aromatic heterocycles. The third-order valence-electron chi connectivity index (χ3n) is 4.75. The first-order valence-electron chi connectivity index (χ1n) is 10.0. The Morgan fingerprint density at radius 2 is 1.82 bits per heavy atom. The number of fused-ring (bicyclic) bond motifs is 1. The number of hydrogen-bond donors (Lipinski definition) is 2. The molecule has 3 aromatic carbocycles. The number of thiocarbonyl (C=S) groups is 1. The highest BCUT2D eigenvalue weighted by atomic mass is 79.9. The molecule has 33 heavy (non-hydrogen) atoms. The van der Waals surface area contributed by atoms with E-state index in [4.69, 9.17) is 28.6 Å². The molecule has 4 rings (SSSR count). The van der Waals surface area contributed by atoms with E-state index in [0.717, 1.165) is 22.5 Å². The molecule has 0 fully saturated rings. The van der Waals surface area contributed by atoms with E-state index in [1.54, 1.807) is 35.1 Å². The van der Waals surface area contributed by atoms with Crippen LogP contribution in [0.1, 0.15) is 22.8 Å². The zero-order valence-electron chi connectivity index (χ0n) is 17.7. The Labute approximate surface area is 209 Å². The van der Waals surface area contributed by atoms with Crippen LogP contribution in [0.4, 0.5) is 5.69 Å². The Hall–Kier alpha value is -3.01. The monoisotopic (exact) mass is 543 g/mol. The van der Waals surface area contributed by atoms with Crippen LogP contribution in [-0.4, -0.2) is 32.6 Å². The first-order chi connectivity index (χ1) is 15.8. The predicted molar refractivity (Wildman–Crippen MR) is 138 cm³/mol. The second-order valence-electron chi connectivity index (χ2n) is 7.11. The van der Waals surface area contributed by atoms with Crippen molar-refractivity contribution >= 4 is 67.5 Å². The van der Waals surface area contributed by atoms with Gasteiger partial charge in [-0.05, 0) is 102 Å². The van der Waals surface area contributed by atoms with Crippen LogP contribution in [0.5, 0.6) is 5.75 Å². The van der Waals surface area contributed by atoms with Gasteiger partial charge in [-0.1, -0.05) is 11.6 Å². The SMILES string of the molecule is CCOc1ccc(C(=O)NC(=S)Nc2cc3nn(-c4ccc(Cl)cc4)nc3cc2C)cc1Br. The number of aryl methyl sites for hydroxylation is 1. The van der Waals surface area contributed by atoms with Crippen molar-refractivity contribution < 1.29 is 9.53 Å². The molecule has 0 aliphatic rings. The van der Waals surface area contributed by atoms with E-state index < -0.39 is 0 Å². The molecule has 0 spiro atoms. The van der Waals surface area contributed by atoms with Crippen molar-refractivity contribution in [2.45, 2.75) is 13.8 Å². The summed E-state index contributed by atoms with van der Waals surface area (Å²) in [6, 6.07) is 16.1. The highest BCUT2D eigenvalue weighted by Crippen LogP contribution is 2.26. The van der Waals surface area contributed by atoms with Crippen LogP contribution in [0.15, 0.2) is 59.1 Å². The molecule has 0 aliphatic heterocycles. The minimum absolute atomic E-state index is 0.178. The number of nitrogens with one attached hydrogen (secondary N) is 2. The Morgan fingerprint density at radius 3 is 2.48 bits per heavy atom. The largest absolute Gasteiger partial charge is 0.493 e. The topological polar surface area (TPSA) is 81.1 Å². The predicted octanol–water partition coefficient (Wildman–Crippen LogP) is 5.67. The number of nitrogens with zero attached hydrogens (tertiary/aromatic N) is 3. The number of benzene rings is 3. The van der Waals surface area contributed by atoms with Crippen molar-refractivity contribution in [3.05, 3.63) is 75.2 Å². The van der Waals surface area contributed by atoms with Gasteiger partial charge in [-0.15, -0.1) is 10.2 Å². The average Bonchev–Trinajstić information content (AvgIpc) is 3.18. The van der Waals surface area contributed by atoms with Gasteiger partial charge in [0, 0.05) is 16.3 Å². The first kappa shape index (κ1) is 23.2. The zero-order chi connectivity index (χ0) is 23.5. The molecule has 0 atom stereocenters. The average molecular weight is 545 g/mol. The Balaban J connectivity index is 1.49. The number of amides is 1. The highest BCUT2D eigenvalue weighted by Gasteiger charge is 2.13. The smallest absolute Gasteiger partial charge is 0.257 e. The van der Waals surface area contributed by atoms with Crippen molar-refractivity contribution in [3.63, 3.8) is 0 Å². The Kier molecular flexibility index (Phi) is 6.92. The van der Waals surface area contributed by atoms with Gasteiger partial charge in [-0.3, -0.25) is 10.1 Å². The summed E-state index contributed by atoms with van der Waals surface area (Å²) in [5.41, 5.74) is 4.30. The second-order valence-corrected chi connectivity index (χ2v) is 8.81. The Bertz CT molecular complexity index is 1360. The molecule has 0 bridgehead atoms. The Morgan fingerprint density at radius 1 is 1.12 bits per heavy atom. The lowest BCUT2D eigenvalue weighted by atomic mass is 10.2. The minimum Gasteiger partial charge on any atom is -0.493 e. The van der Waals surface area contributed by atoms with Crippen molar-refractivity contribution in [3.8, 4) is 11.4 Å². The van der Waals surface area contributed by atoms with E-state index in [0.29, 0.717) is 32.9 Å². The molecule has 0 radical (unpaired) electrons. The standard InChI is InChI=1S/C23H19BrClN5O2S/c1-3-32-21-9-4-14(11-17(21)24)22(31)27-23(33)26-18-12-20-19(10-13(18)2)28-30(29-20)16-7-5-15(25)6-8-16/h4-12H,3H2,1-2H3,(H2,26,27,31,33). The van der Waals surface area contributed by atoms with Gasteiger partial charge in [0.25, 0.3) is 5.91 Å². The summed E-state index contributed by atoms with van der Waals surface area (Å²) in [6.45, 7) is 4.36. The molecule has 0 aliphatic carbocycles. The number of ether oxygens (including phenoxy) is 1. The third-order valence-corrected chi connectivity index (χ3v) is 5.83. The molecule has 2 N–H and O–H groups in total. The molecule has 0 unspecified atom stereocenters. The van der Waals surface area contributed by atoms with Gasteiger partial charge in [0.2, 0.25) is 0 Å². The maximum absolute atomic E-state index is 12.6. The van der Waals surface area contributed by atoms with Crippen molar-refractivity contribution in [1.29, 1.82) is 0 Å². The van der Waals surface area contributed by atoms with Gasteiger partial charge in [0.15, 0.2) is 5.11 Å². The van der Waals surface area contributed by atoms with Crippen LogP contribution in [0.3, 0.4) is 0 Å². The number of hydrogen-bond acceptors (Lipinski definition) is 5. The summed E-state index contributed by atoms with van der Waals surface area (Å²) in [6.07, 6.45) is 0. The summed E-state index contributed by atoms with van der Waals surface area (Å²) in [5, 5.41) is 15.7. The van der Waals surface area contributed by atoms with E-state index in [-0.39, 0.29) is 11.0 Å². The van der Waals surface area contributed by atoms with Gasteiger partial charge >= 0.3 is 0 Å². The normalized spacial score (nSPS) is 10.8. The number of anilines is 1. The van der Waals surface area contributed by atoms with Crippen LogP contribution >= 0.6 is 39.7 Å². The van der Waals surface area contributed by atoms with Crippen molar-refractivity contribution in [1.82, 2.24) is 20.3 Å². The molecule has 1 heterocycles. The summed E-state index contributed by atoms with van der Waals surface area (Å²) in [5.74, 6) is 0.342. The van der Waals surface area contributed by atoms with Crippen molar-refractivity contribution in [2.24, 2.45) is 0 Å². The van der Waals surface area contributed by atoms with Crippen LogP contribution in [0, 0.1) is 6.92 Å². The van der Waals surface area contributed by atoms with Crippen LogP contribution < -0.4 is 15.4 Å². The van der Waals surface area contributed by atoms with Gasteiger partial charge in [-0.25, -0.2) is 0 Å². The third kappa shape index (κ3) is 5.32. The van der Waals surface area contributed by atoms with Gasteiger partial charge in [0.05, 0.1) is 16.8 Å². The zero-order valence-corrected chi connectivity index (χ0v) is 20.9. The first-order valence-corrected chi connectivity index (χ1v) is 11.6. The molecule has 4 aromatic rings. The molecule has 0 saturated heterocycles. The lowest BCUT2D eigenvalue weighted by Gasteiger charge is -2.12. The van der Waals surface area contributed by atoms with Gasteiger partial charge in [-0.2, -0.15) is 4.80 Å². The highest BCUT2D eigenvalue weighted by molar-refractivity contribution is 9.10. The van der Waals surface area contributed by atoms with Crippen LogP contribution in [0.2, 0.25) is 5.02 Å². The molecular weight excluding hydrogens is 526 g/mol. The fourth-order valence-electron chi connectivity index (χ4n) is 3.14. The maximum atomic E-state index is 12.6. The summed E-state index contributed by atoms with van der Waals surface area (Å²) in [7, 11) is 0. The number of carbonyl (C=O) groups excluding carboxylic acids is 1. The number of aromatic nitrogens is 3. The van der Waals surface area contributed by atoms with Crippen LogP contribution in [0.25, 0.3) is 16.7 Å². The van der Waals surface area contributed by atoms with Crippen LogP contribution in [-0.2, 0) is 0 Å². The molecule has 0 saturated carbocycles. The van der Waals surface area contributed by atoms with E-state index >= 15 is 0 Å². The van der Waals surface area contributed by atoms with E-state index in [1.165, 1.54) is 0 Å². The second kappa shape index (κ2) is 9.86. The van der Waals surface area contributed by atoms with Gasteiger partial charge < -0.3 is 10.1 Å². The molecule has 168 valence electrons. The molecular formula is C23H19BrClN5O2S. The quantitative estimate of drug-likeness (QED) is 0.315. The number of rotatable bonds is 5. The summed E-state index contributed by atoms with van der Waals surface area (Å²) >= 11 is 14.7. The fourth-order valence-corrected chi connectivity index (χ4v) is 3.96. The number of carbonyl (C=O) groups is 1. The minimum atomic E-state index is -0.330. The lowest BCUT2D eigenvalue weighted by molar-refractivity contribution is 0.0977. The molecule has 10 heteroatoms. The van der Waals surface area contributed by atoms with E-state index in [9.17, 15) is 4.79 Å². The summed E-state index contributed by atoms with van der Waals surface area (Å²) < 4.78 is 6.17.